The molecule has 41 heavy (non-hydrogen) atoms. The van der Waals surface area contributed by atoms with Crippen molar-refractivity contribution in [1.82, 2.24) is 10.6 Å². The van der Waals surface area contributed by atoms with Crippen molar-refractivity contribution in [1.29, 1.82) is 0 Å². The molecule has 4 N–H and O–H groups in total. The summed E-state index contributed by atoms with van der Waals surface area (Å²) >= 11 is 6.57. The number of aryl methyl sites for hydroxylation is 1. The molecule has 0 aliphatic rings. The molecule has 3 atom stereocenters. The molecule has 0 aliphatic carbocycles. The zero-order chi connectivity index (χ0) is 30.0. The van der Waals surface area contributed by atoms with Gasteiger partial charge in [-0.2, -0.15) is 5.90 Å². The normalized spacial score (nSPS) is 13.5. The molecule has 218 valence electrons. The van der Waals surface area contributed by atoms with Crippen LogP contribution in [0.25, 0.3) is 11.1 Å². The Morgan fingerprint density at radius 2 is 1.54 bits per heavy atom. The van der Waals surface area contributed by atoms with Crippen LogP contribution in [0.4, 0.5) is 0 Å². The first-order valence-electron chi connectivity index (χ1n) is 13.9. The molecule has 3 aromatic rings. The Morgan fingerprint density at radius 3 is 2.12 bits per heavy atom. The highest BCUT2D eigenvalue weighted by Crippen LogP contribution is 2.29. The van der Waals surface area contributed by atoms with Gasteiger partial charge in [-0.15, -0.1) is 0 Å². The number of nitrogens with two attached hydrogens (primary N) is 1. The molecule has 3 rings (SSSR count). The minimum atomic E-state index is -0.818. The van der Waals surface area contributed by atoms with E-state index >= 15 is 0 Å². The summed E-state index contributed by atoms with van der Waals surface area (Å²) in [5.74, 6) is 3.00. The molecule has 0 unspecified atom stereocenters. The van der Waals surface area contributed by atoms with Crippen LogP contribution in [0.15, 0.2) is 78.9 Å². The first-order chi connectivity index (χ1) is 19.5. The van der Waals surface area contributed by atoms with Crippen molar-refractivity contribution < 1.29 is 19.2 Å². The lowest BCUT2D eigenvalue weighted by atomic mass is 9.85. The van der Waals surface area contributed by atoms with Crippen LogP contribution in [0.3, 0.4) is 0 Å². The Bertz CT molecular complexity index is 1310. The van der Waals surface area contributed by atoms with Gasteiger partial charge in [0.2, 0.25) is 11.8 Å². The van der Waals surface area contributed by atoms with E-state index in [1.807, 2.05) is 107 Å². The quantitative estimate of drug-likeness (QED) is 0.223. The van der Waals surface area contributed by atoms with Gasteiger partial charge in [0.1, 0.15) is 6.04 Å². The Hall–Kier alpha value is -3.68. The van der Waals surface area contributed by atoms with E-state index in [0.717, 1.165) is 22.3 Å². The average Bonchev–Trinajstić information content (AvgIpc) is 2.95. The number of carbonyl (C=O) groups excluding carboxylic acids is 3. The number of halogens is 1. The highest BCUT2D eigenvalue weighted by molar-refractivity contribution is 6.33. The van der Waals surface area contributed by atoms with E-state index in [0.29, 0.717) is 24.3 Å². The molecule has 0 bridgehead atoms. The number of benzene rings is 3. The fourth-order valence-electron chi connectivity index (χ4n) is 4.75. The van der Waals surface area contributed by atoms with Gasteiger partial charge in [-0.25, -0.2) is 0 Å². The largest absolute Gasteiger partial charge is 0.373 e. The summed E-state index contributed by atoms with van der Waals surface area (Å²) in [5.41, 5.74) is 3.40. The monoisotopic (exact) mass is 577 g/mol. The molecule has 0 spiro atoms. The first-order valence-corrected chi connectivity index (χ1v) is 14.3. The second-order valence-corrected chi connectivity index (χ2v) is 11.8. The summed E-state index contributed by atoms with van der Waals surface area (Å²) in [4.78, 5) is 43.2. The fourth-order valence-corrected chi connectivity index (χ4v) is 5.06. The van der Waals surface area contributed by atoms with Gasteiger partial charge < -0.3 is 15.5 Å². The first kappa shape index (κ1) is 31.8. The van der Waals surface area contributed by atoms with Gasteiger partial charge >= 0.3 is 5.97 Å². The lowest BCUT2D eigenvalue weighted by Crippen LogP contribution is -2.55. The van der Waals surface area contributed by atoms with E-state index in [1.165, 1.54) is 0 Å². The smallest absolute Gasteiger partial charge is 0.325 e. The molecule has 0 saturated heterocycles. The number of hydrogen-bond acceptors (Lipinski definition) is 5. The van der Waals surface area contributed by atoms with Crippen molar-refractivity contribution in [2.75, 3.05) is 0 Å². The van der Waals surface area contributed by atoms with Gasteiger partial charge in [0.05, 0.1) is 12.5 Å². The maximum Gasteiger partial charge on any atom is 0.325 e. The van der Waals surface area contributed by atoms with Gasteiger partial charge in [-0.3, -0.25) is 14.4 Å². The van der Waals surface area contributed by atoms with Gasteiger partial charge in [-0.05, 0) is 54.4 Å². The third-order valence-electron chi connectivity index (χ3n) is 7.12. The van der Waals surface area contributed by atoms with Crippen LogP contribution in [-0.4, -0.2) is 23.8 Å². The summed E-state index contributed by atoms with van der Waals surface area (Å²) in [5, 5.41) is 6.56. The molecule has 3 aromatic carbocycles. The highest BCUT2D eigenvalue weighted by Gasteiger charge is 2.35. The Labute approximate surface area is 247 Å². The topological polar surface area (TPSA) is 111 Å². The van der Waals surface area contributed by atoms with Crippen LogP contribution in [0.5, 0.6) is 0 Å². The van der Waals surface area contributed by atoms with Crippen LogP contribution in [0.1, 0.15) is 64.1 Å². The van der Waals surface area contributed by atoms with E-state index in [4.69, 9.17) is 17.5 Å². The van der Waals surface area contributed by atoms with Crippen molar-refractivity contribution in [2.45, 2.75) is 65.5 Å². The third-order valence-corrected chi connectivity index (χ3v) is 7.44. The zero-order valence-electron chi connectivity index (χ0n) is 24.2. The van der Waals surface area contributed by atoms with Crippen molar-refractivity contribution in [2.24, 2.45) is 17.2 Å². The van der Waals surface area contributed by atoms with Crippen LogP contribution >= 0.6 is 11.6 Å². The number of amides is 2. The van der Waals surface area contributed by atoms with Crippen LogP contribution in [0, 0.1) is 11.3 Å². The summed E-state index contributed by atoms with van der Waals surface area (Å²) in [6, 6.07) is 24.4. The summed E-state index contributed by atoms with van der Waals surface area (Å²) < 4.78 is 0. The van der Waals surface area contributed by atoms with Crippen molar-refractivity contribution in [3.8, 4) is 11.1 Å². The SMILES string of the molecule is C[C@@H](NC(=O)[C@@H](NC(=O)[C@H](CCCc1ccc(-c2ccccc2)c(Cl)c1)CC(=O)ON)C(C)(C)C)c1ccccc1. The van der Waals surface area contributed by atoms with Gasteiger partial charge in [-0.1, -0.05) is 105 Å². The maximum absolute atomic E-state index is 13.4. The zero-order valence-corrected chi connectivity index (χ0v) is 24.9. The predicted octanol–water partition coefficient (Wildman–Crippen LogP) is 6.16. The molecular weight excluding hydrogens is 538 g/mol. The van der Waals surface area contributed by atoms with E-state index in [-0.39, 0.29) is 18.4 Å². The average molecular weight is 578 g/mol. The van der Waals surface area contributed by atoms with Crippen molar-refractivity contribution in [3.05, 3.63) is 95.0 Å². The molecule has 0 saturated carbocycles. The van der Waals surface area contributed by atoms with Crippen LogP contribution < -0.4 is 16.5 Å². The van der Waals surface area contributed by atoms with E-state index in [1.54, 1.807) is 0 Å². The molecule has 0 heterocycles. The second-order valence-electron chi connectivity index (χ2n) is 11.4. The Balaban J connectivity index is 1.67. The van der Waals surface area contributed by atoms with E-state index in [9.17, 15) is 14.4 Å². The summed E-state index contributed by atoms with van der Waals surface area (Å²) in [7, 11) is 0. The summed E-state index contributed by atoms with van der Waals surface area (Å²) in [6.45, 7) is 7.55. The lowest BCUT2D eigenvalue weighted by molar-refractivity contribution is -0.147. The minimum Gasteiger partial charge on any atom is -0.373 e. The molecule has 8 heteroatoms. The molecule has 7 nitrogen and oxygen atoms in total. The van der Waals surface area contributed by atoms with Crippen molar-refractivity contribution >= 4 is 29.4 Å². The molecule has 0 aromatic heterocycles. The number of carbonyl (C=O) groups is 3. The molecule has 0 fully saturated rings. The Kier molecular flexibility index (Phi) is 11.5. The Morgan fingerprint density at radius 1 is 0.902 bits per heavy atom. The van der Waals surface area contributed by atoms with Gasteiger partial charge in [0.15, 0.2) is 0 Å². The number of nitrogens with one attached hydrogen (secondary N) is 2. The predicted molar refractivity (Wildman–Crippen MR) is 163 cm³/mol. The van der Waals surface area contributed by atoms with Gasteiger partial charge in [0, 0.05) is 16.5 Å². The molecule has 2 amide bonds. The number of rotatable bonds is 12. The van der Waals surface area contributed by atoms with Crippen LogP contribution in [0.2, 0.25) is 5.02 Å². The third kappa shape index (κ3) is 9.44. The molecule has 0 radical (unpaired) electrons. The van der Waals surface area contributed by atoms with E-state index in [2.05, 4.69) is 15.5 Å². The van der Waals surface area contributed by atoms with Crippen molar-refractivity contribution in [3.63, 3.8) is 0 Å². The number of hydrogen-bond donors (Lipinski definition) is 3. The standard InChI is InChI=1S/C33H40ClN3O4/c1-22(24-13-7-5-8-14-24)36-32(40)30(33(2,3)4)37-31(39)26(21-29(38)41-35)17-11-12-23-18-19-27(28(34)20-23)25-15-9-6-10-16-25/h5-10,13-16,18-20,22,26,30H,11-12,17,21,35H2,1-4H3,(H,36,40)(H,37,39)/t22-,26-,30-/m1/s1. The molecule has 0 aliphatic heterocycles. The lowest BCUT2D eigenvalue weighted by Gasteiger charge is -2.32. The minimum absolute atomic E-state index is 0.186. The summed E-state index contributed by atoms with van der Waals surface area (Å²) in [6.07, 6.45) is 1.50. The fraction of sp³-hybridized carbons (Fsp3) is 0.364. The molecular formula is C33H40ClN3O4. The highest BCUT2D eigenvalue weighted by atomic mass is 35.5. The second kappa shape index (κ2) is 14.8. The van der Waals surface area contributed by atoms with E-state index < -0.39 is 29.3 Å². The van der Waals surface area contributed by atoms with Crippen LogP contribution in [-0.2, 0) is 25.6 Å². The van der Waals surface area contributed by atoms with Gasteiger partial charge in [0.25, 0.3) is 0 Å². The maximum atomic E-state index is 13.4.